The highest BCUT2D eigenvalue weighted by atomic mass is 32.1. The van der Waals surface area contributed by atoms with Crippen molar-refractivity contribution in [3.8, 4) is 0 Å². The number of carbonyl (C=O) groups is 2. The fraction of sp³-hybridized carbons (Fsp3) is 0.261. The predicted octanol–water partition coefficient (Wildman–Crippen LogP) is 4.71. The maximum Gasteiger partial charge on any atom is 0.331 e. The zero-order chi connectivity index (χ0) is 20.5. The molecule has 0 amide bonds. The third kappa shape index (κ3) is 3.56. The van der Waals surface area contributed by atoms with Crippen molar-refractivity contribution in [2.75, 3.05) is 11.4 Å². The van der Waals surface area contributed by atoms with E-state index >= 15 is 0 Å². The van der Waals surface area contributed by atoms with Crippen molar-refractivity contribution < 1.29 is 14.4 Å². The van der Waals surface area contributed by atoms with Gasteiger partial charge in [-0.05, 0) is 54.6 Å². The van der Waals surface area contributed by atoms with E-state index < -0.39 is 5.97 Å². The summed E-state index contributed by atoms with van der Waals surface area (Å²) in [6.45, 7) is 6.16. The monoisotopic (exact) mass is 406 g/mol. The van der Waals surface area contributed by atoms with E-state index in [0.29, 0.717) is 11.3 Å². The van der Waals surface area contributed by atoms with Crippen LogP contribution in [0.2, 0.25) is 0 Å². The van der Waals surface area contributed by atoms with Crippen LogP contribution in [0, 0.1) is 0 Å². The number of thiophene rings is 1. The van der Waals surface area contributed by atoms with Crippen LogP contribution in [0.15, 0.2) is 64.7 Å². The predicted molar refractivity (Wildman–Crippen MR) is 116 cm³/mol. The first kappa shape index (κ1) is 19.3. The highest BCUT2D eigenvalue weighted by molar-refractivity contribution is 7.12. The molecule has 29 heavy (non-hydrogen) atoms. The summed E-state index contributed by atoms with van der Waals surface area (Å²) in [5.41, 5.74) is 4.57. The molecular weight excluding hydrogens is 384 g/mol. The van der Waals surface area contributed by atoms with Crippen LogP contribution in [0.25, 0.3) is 0 Å². The van der Waals surface area contributed by atoms with Crippen LogP contribution in [0.3, 0.4) is 0 Å². The second-order valence-corrected chi connectivity index (χ2v) is 8.07. The lowest BCUT2D eigenvalue weighted by atomic mass is 9.86. The summed E-state index contributed by atoms with van der Waals surface area (Å²) in [5, 5.41) is 5.84. The molecule has 5 nitrogen and oxygen atoms in total. The molecule has 2 atom stereocenters. The summed E-state index contributed by atoms with van der Waals surface area (Å²) in [4.78, 5) is 31.8. The maximum atomic E-state index is 12.8. The molecule has 6 heteroatoms. The molecule has 2 heterocycles. The molecule has 148 valence electrons. The van der Waals surface area contributed by atoms with Gasteiger partial charge in [0.2, 0.25) is 5.78 Å². The molecule has 0 radical (unpaired) electrons. The van der Waals surface area contributed by atoms with E-state index in [-0.39, 0.29) is 17.7 Å². The highest BCUT2D eigenvalue weighted by Crippen LogP contribution is 2.45. The van der Waals surface area contributed by atoms with Crippen molar-refractivity contribution in [3.63, 3.8) is 0 Å². The maximum absolute atomic E-state index is 12.8. The molecule has 2 aliphatic rings. The average Bonchev–Trinajstić information content (AvgIpc) is 3.36. The minimum atomic E-state index is -0.442. The molecular formula is C23H22N2O3S. The molecule has 0 saturated heterocycles. The third-order valence-corrected chi connectivity index (χ3v) is 6.20. The van der Waals surface area contributed by atoms with Gasteiger partial charge in [-0.3, -0.25) is 4.79 Å². The van der Waals surface area contributed by atoms with E-state index in [1.807, 2.05) is 42.6 Å². The number of oxime groups is 1. The Morgan fingerprint density at radius 2 is 2.07 bits per heavy atom. The van der Waals surface area contributed by atoms with Gasteiger partial charge in [-0.1, -0.05) is 29.5 Å². The first-order chi connectivity index (χ1) is 14.0. The second kappa shape index (κ2) is 7.79. The van der Waals surface area contributed by atoms with Gasteiger partial charge in [-0.2, -0.15) is 0 Å². The van der Waals surface area contributed by atoms with E-state index in [0.717, 1.165) is 28.2 Å². The van der Waals surface area contributed by atoms with E-state index in [2.05, 4.69) is 35.2 Å². The zero-order valence-electron chi connectivity index (χ0n) is 16.6. The Morgan fingerprint density at radius 3 is 2.76 bits per heavy atom. The van der Waals surface area contributed by atoms with Gasteiger partial charge in [0, 0.05) is 30.6 Å². The summed E-state index contributed by atoms with van der Waals surface area (Å²) in [6.07, 6.45) is 6.34. The summed E-state index contributed by atoms with van der Waals surface area (Å²) in [5.74, 6) is -0.274. The summed E-state index contributed by atoms with van der Waals surface area (Å²) >= 11 is 1.46. The van der Waals surface area contributed by atoms with Crippen LogP contribution < -0.4 is 4.90 Å². The van der Waals surface area contributed by atoms with Gasteiger partial charge in [0.15, 0.2) is 0 Å². The number of rotatable bonds is 5. The largest absolute Gasteiger partial charge is 0.364 e. The molecule has 1 aromatic heterocycles. The van der Waals surface area contributed by atoms with Crippen molar-refractivity contribution in [1.29, 1.82) is 0 Å². The number of benzene rings is 1. The molecule has 4 rings (SSSR count). The fourth-order valence-electron chi connectivity index (χ4n) is 3.98. The number of nitrogens with zero attached hydrogens (tertiary/aromatic N) is 2. The lowest BCUT2D eigenvalue weighted by Gasteiger charge is -2.28. The van der Waals surface area contributed by atoms with E-state index in [9.17, 15) is 9.59 Å². The summed E-state index contributed by atoms with van der Waals surface area (Å²) in [7, 11) is 0. The van der Waals surface area contributed by atoms with Crippen LogP contribution in [-0.4, -0.2) is 30.1 Å². The Morgan fingerprint density at radius 1 is 1.24 bits per heavy atom. The molecule has 0 N–H and O–H groups in total. The van der Waals surface area contributed by atoms with Crippen molar-refractivity contribution in [2.45, 2.75) is 32.7 Å². The van der Waals surface area contributed by atoms with E-state index in [1.54, 1.807) is 0 Å². The van der Waals surface area contributed by atoms with Gasteiger partial charge >= 0.3 is 5.97 Å². The Labute approximate surface area is 174 Å². The summed E-state index contributed by atoms with van der Waals surface area (Å²) < 4.78 is 0. The first-order valence-corrected chi connectivity index (χ1v) is 10.5. The number of hydrogen-bond donors (Lipinski definition) is 0. The third-order valence-electron chi connectivity index (χ3n) is 5.33. The Balaban J connectivity index is 1.72. The van der Waals surface area contributed by atoms with Crippen molar-refractivity contribution in [2.24, 2.45) is 5.16 Å². The quantitative estimate of drug-likeness (QED) is 0.312. The molecule has 2 aromatic rings. The van der Waals surface area contributed by atoms with Gasteiger partial charge < -0.3 is 9.74 Å². The topological polar surface area (TPSA) is 59.0 Å². The van der Waals surface area contributed by atoms with Crippen LogP contribution in [0.1, 0.15) is 47.5 Å². The number of ketones is 1. The molecule has 0 bridgehead atoms. The number of carbonyl (C=O) groups excluding carboxylic acids is 2. The number of hydrogen-bond acceptors (Lipinski definition) is 6. The minimum absolute atomic E-state index is 0.0532. The molecule has 0 saturated carbocycles. The smallest absolute Gasteiger partial charge is 0.331 e. The molecule has 1 aliphatic carbocycles. The van der Waals surface area contributed by atoms with E-state index in [1.165, 1.54) is 18.3 Å². The van der Waals surface area contributed by atoms with Gasteiger partial charge in [0.25, 0.3) is 0 Å². The van der Waals surface area contributed by atoms with Crippen molar-refractivity contribution in [3.05, 3.63) is 75.5 Å². The molecule has 1 aliphatic heterocycles. The van der Waals surface area contributed by atoms with Gasteiger partial charge in [-0.15, -0.1) is 11.3 Å². The van der Waals surface area contributed by atoms with Crippen molar-refractivity contribution in [1.82, 2.24) is 0 Å². The first-order valence-electron chi connectivity index (χ1n) is 9.61. The SMILES string of the molecule is CCN1c2ccc(C(=O)c3cccs3)cc2C2C=C(/C(C)=N/OC(C)=O)C=CC21. The van der Waals surface area contributed by atoms with Crippen LogP contribution >= 0.6 is 11.3 Å². The minimum Gasteiger partial charge on any atom is -0.364 e. The molecule has 0 spiro atoms. The Hall–Kier alpha value is -2.99. The van der Waals surface area contributed by atoms with Crippen LogP contribution in [-0.2, 0) is 9.63 Å². The second-order valence-electron chi connectivity index (χ2n) is 7.12. The lowest BCUT2D eigenvalue weighted by molar-refractivity contribution is -0.140. The number of anilines is 1. The lowest BCUT2D eigenvalue weighted by Crippen LogP contribution is -2.33. The van der Waals surface area contributed by atoms with Crippen molar-refractivity contribution >= 4 is 34.5 Å². The molecule has 2 unspecified atom stereocenters. The Kier molecular flexibility index (Phi) is 5.20. The highest BCUT2D eigenvalue weighted by Gasteiger charge is 2.37. The fourth-order valence-corrected chi connectivity index (χ4v) is 4.67. The van der Waals surface area contributed by atoms with Crippen LogP contribution in [0.4, 0.5) is 5.69 Å². The standard InChI is InChI=1S/C23H22N2O3S/c1-4-25-20-9-7-16(14(2)24-28-15(3)26)12-18(20)19-13-17(8-10-21(19)25)23(27)22-6-5-11-29-22/h5-13,18,20H,4H2,1-3H3/b24-14+. The Bertz CT molecular complexity index is 1050. The zero-order valence-corrected chi connectivity index (χ0v) is 17.4. The van der Waals surface area contributed by atoms with Gasteiger partial charge in [0.05, 0.1) is 16.6 Å². The van der Waals surface area contributed by atoms with Gasteiger partial charge in [0.1, 0.15) is 0 Å². The number of fused-ring (bicyclic) bond motifs is 3. The van der Waals surface area contributed by atoms with Crippen LogP contribution in [0.5, 0.6) is 0 Å². The van der Waals surface area contributed by atoms with Gasteiger partial charge in [-0.25, -0.2) is 4.79 Å². The molecule has 1 aromatic carbocycles. The normalized spacial score (nSPS) is 20.2. The number of likely N-dealkylation sites (N-methyl/N-ethyl adjacent to an activating group) is 1. The van der Waals surface area contributed by atoms with E-state index in [4.69, 9.17) is 4.84 Å². The average molecular weight is 407 g/mol. The summed E-state index contributed by atoms with van der Waals surface area (Å²) in [6, 6.07) is 9.95. The molecule has 0 fully saturated rings. The number of allylic oxidation sites excluding steroid dienone is 2.